The smallest absolute Gasteiger partial charge is 0.228 e. The highest BCUT2D eigenvalue weighted by molar-refractivity contribution is 5.87. The summed E-state index contributed by atoms with van der Waals surface area (Å²) in [6.45, 7) is 7.38. The number of likely N-dealkylation sites (tertiary alicyclic amines) is 1. The standard InChI is InChI=1S/C26H33N3O2/c1-18(2)28-25(31)26(11-6-14-29(17-26)24(30)23-15-19(23)3)16-21-7-4-5-8-22(21)20-9-12-27-13-10-20/h4-5,7-10,12-13,18-19,23H,6,11,14-17H2,1-3H3,(H,28,31)/t19-,23-,26+/m1/s1. The average molecular weight is 420 g/mol. The minimum Gasteiger partial charge on any atom is -0.353 e. The van der Waals surface area contributed by atoms with E-state index in [0.29, 0.717) is 18.9 Å². The molecule has 5 heteroatoms. The Kier molecular flexibility index (Phi) is 6.12. The van der Waals surface area contributed by atoms with Crippen LogP contribution < -0.4 is 5.32 Å². The summed E-state index contributed by atoms with van der Waals surface area (Å²) in [5.74, 6) is 0.915. The van der Waals surface area contributed by atoms with Crippen LogP contribution in [0.15, 0.2) is 48.8 Å². The van der Waals surface area contributed by atoms with Crippen LogP contribution in [0.4, 0.5) is 0 Å². The summed E-state index contributed by atoms with van der Waals surface area (Å²) in [6.07, 6.45) is 6.84. The monoisotopic (exact) mass is 419 g/mol. The molecule has 2 amide bonds. The highest BCUT2D eigenvalue weighted by Gasteiger charge is 2.48. The summed E-state index contributed by atoms with van der Waals surface area (Å²) >= 11 is 0. The largest absolute Gasteiger partial charge is 0.353 e. The Morgan fingerprint density at radius 3 is 2.58 bits per heavy atom. The summed E-state index contributed by atoms with van der Waals surface area (Å²) in [5, 5.41) is 3.16. The Bertz CT molecular complexity index is 943. The first kappa shape index (κ1) is 21.5. The number of carbonyl (C=O) groups is 2. The summed E-state index contributed by atoms with van der Waals surface area (Å²) in [4.78, 5) is 32.7. The van der Waals surface area contributed by atoms with E-state index < -0.39 is 5.41 Å². The van der Waals surface area contributed by atoms with Gasteiger partial charge < -0.3 is 10.2 Å². The molecule has 1 aromatic heterocycles. The van der Waals surface area contributed by atoms with E-state index in [-0.39, 0.29) is 23.8 Å². The molecule has 5 nitrogen and oxygen atoms in total. The number of nitrogens with zero attached hydrogens (tertiary/aromatic N) is 2. The Balaban J connectivity index is 1.67. The number of hydrogen-bond donors (Lipinski definition) is 1. The molecule has 1 aliphatic carbocycles. The first-order chi connectivity index (χ1) is 14.9. The maximum Gasteiger partial charge on any atom is 0.228 e. The van der Waals surface area contributed by atoms with Crippen LogP contribution in [0.25, 0.3) is 11.1 Å². The van der Waals surface area contributed by atoms with Crippen molar-refractivity contribution in [2.24, 2.45) is 17.3 Å². The molecular weight excluding hydrogens is 386 g/mol. The van der Waals surface area contributed by atoms with Gasteiger partial charge in [-0.3, -0.25) is 14.6 Å². The lowest BCUT2D eigenvalue weighted by atomic mass is 9.73. The molecule has 0 unspecified atom stereocenters. The predicted octanol–water partition coefficient (Wildman–Crippen LogP) is 4.08. The number of aromatic nitrogens is 1. The zero-order valence-electron chi connectivity index (χ0n) is 18.8. The zero-order chi connectivity index (χ0) is 22.0. The van der Waals surface area contributed by atoms with Gasteiger partial charge in [0.15, 0.2) is 0 Å². The molecule has 1 saturated carbocycles. The highest BCUT2D eigenvalue weighted by atomic mass is 16.2. The van der Waals surface area contributed by atoms with Crippen LogP contribution in [-0.2, 0) is 16.0 Å². The van der Waals surface area contributed by atoms with E-state index in [1.54, 1.807) is 12.4 Å². The number of carbonyl (C=O) groups excluding carboxylic acids is 2. The Morgan fingerprint density at radius 2 is 1.90 bits per heavy atom. The van der Waals surface area contributed by atoms with Crippen molar-refractivity contribution in [3.05, 3.63) is 54.4 Å². The van der Waals surface area contributed by atoms with Crippen molar-refractivity contribution >= 4 is 11.8 Å². The van der Waals surface area contributed by atoms with E-state index in [1.807, 2.05) is 43.0 Å². The lowest BCUT2D eigenvalue weighted by Crippen LogP contribution is -2.55. The van der Waals surface area contributed by atoms with Crippen molar-refractivity contribution in [2.45, 2.75) is 52.5 Å². The van der Waals surface area contributed by atoms with Crippen molar-refractivity contribution in [3.63, 3.8) is 0 Å². The first-order valence-electron chi connectivity index (χ1n) is 11.5. The lowest BCUT2D eigenvalue weighted by Gasteiger charge is -2.42. The van der Waals surface area contributed by atoms with Gasteiger partial charge >= 0.3 is 0 Å². The van der Waals surface area contributed by atoms with Crippen LogP contribution in [0.5, 0.6) is 0 Å². The SMILES string of the molecule is CC(C)NC(=O)[C@]1(Cc2ccccc2-c2ccncc2)CCCN(C(=O)[C@@H]2C[C@H]2C)C1. The third kappa shape index (κ3) is 4.65. The number of rotatable bonds is 6. The van der Waals surface area contributed by atoms with Crippen LogP contribution in [-0.4, -0.2) is 40.8 Å². The first-order valence-corrected chi connectivity index (χ1v) is 11.5. The number of benzene rings is 1. The Labute approximate surface area is 185 Å². The van der Waals surface area contributed by atoms with E-state index in [4.69, 9.17) is 0 Å². The van der Waals surface area contributed by atoms with Gasteiger partial charge in [0, 0.05) is 37.4 Å². The second-order valence-corrected chi connectivity index (χ2v) is 9.66. The molecule has 1 saturated heterocycles. The molecule has 31 heavy (non-hydrogen) atoms. The summed E-state index contributed by atoms with van der Waals surface area (Å²) in [5.41, 5.74) is 2.75. The van der Waals surface area contributed by atoms with Gasteiger partial charge in [0.1, 0.15) is 0 Å². The molecule has 0 bridgehead atoms. The molecule has 0 spiro atoms. The quantitative estimate of drug-likeness (QED) is 0.767. The summed E-state index contributed by atoms with van der Waals surface area (Å²) in [6, 6.07) is 12.4. The minimum absolute atomic E-state index is 0.0633. The average Bonchev–Trinajstić information content (AvgIpc) is 3.50. The van der Waals surface area contributed by atoms with Crippen molar-refractivity contribution in [3.8, 4) is 11.1 Å². The van der Waals surface area contributed by atoms with Crippen LogP contribution in [0.1, 0.15) is 45.6 Å². The summed E-state index contributed by atoms with van der Waals surface area (Å²) < 4.78 is 0. The van der Waals surface area contributed by atoms with E-state index in [9.17, 15) is 9.59 Å². The molecule has 1 N–H and O–H groups in total. The fourth-order valence-corrected chi connectivity index (χ4v) is 4.90. The minimum atomic E-state index is -0.612. The van der Waals surface area contributed by atoms with Gasteiger partial charge in [0.05, 0.1) is 5.41 Å². The van der Waals surface area contributed by atoms with Crippen molar-refractivity contribution in [1.29, 1.82) is 0 Å². The van der Waals surface area contributed by atoms with Crippen LogP contribution >= 0.6 is 0 Å². The second-order valence-electron chi connectivity index (χ2n) is 9.66. The van der Waals surface area contributed by atoms with E-state index in [0.717, 1.165) is 42.5 Å². The van der Waals surface area contributed by atoms with Crippen LogP contribution in [0.3, 0.4) is 0 Å². The van der Waals surface area contributed by atoms with Crippen molar-refractivity contribution < 1.29 is 9.59 Å². The molecule has 1 aliphatic heterocycles. The maximum atomic E-state index is 13.5. The zero-order valence-corrected chi connectivity index (χ0v) is 18.8. The fraction of sp³-hybridized carbons (Fsp3) is 0.500. The number of nitrogens with one attached hydrogen (secondary N) is 1. The van der Waals surface area contributed by atoms with Gasteiger partial charge in [-0.2, -0.15) is 0 Å². The van der Waals surface area contributed by atoms with Gasteiger partial charge in [-0.25, -0.2) is 0 Å². The molecule has 2 heterocycles. The molecule has 2 aromatic rings. The molecule has 2 fully saturated rings. The molecule has 0 radical (unpaired) electrons. The lowest BCUT2D eigenvalue weighted by molar-refractivity contribution is -0.142. The van der Waals surface area contributed by atoms with Crippen LogP contribution in [0.2, 0.25) is 0 Å². The Hall–Kier alpha value is -2.69. The summed E-state index contributed by atoms with van der Waals surface area (Å²) in [7, 11) is 0. The topological polar surface area (TPSA) is 62.3 Å². The number of piperidine rings is 1. The van der Waals surface area contributed by atoms with Gasteiger partial charge in [-0.15, -0.1) is 0 Å². The third-order valence-corrected chi connectivity index (χ3v) is 6.75. The third-order valence-electron chi connectivity index (χ3n) is 6.75. The normalized spacial score (nSPS) is 25.4. The van der Waals surface area contributed by atoms with E-state index in [2.05, 4.69) is 29.4 Å². The highest BCUT2D eigenvalue weighted by Crippen LogP contribution is 2.42. The maximum absolute atomic E-state index is 13.5. The molecule has 4 rings (SSSR count). The van der Waals surface area contributed by atoms with Gasteiger partial charge in [-0.1, -0.05) is 31.2 Å². The number of pyridine rings is 1. The van der Waals surface area contributed by atoms with Crippen molar-refractivity contribution in [1.82, 2.24) is 15.2 Å². The molecule has 2 aliphatic rings. The second kappa shape index (κ2) is 8.81. The van der Waals surface area contributed by atoms with Crippen molar-refractivity contribution in [2.75, 3.05) is 13.1 Å². The molecule has 164 valence electrons. The molecule has 1 aromatic carbocycles. The molecule has 3 atom stereocenters. The van der Waals surface area contributed by atoms with E-state index in [1.165, 1.54) is 0 Å². The van der Waals surface area contributed by atoms with E-state index >= 15 is 0 Å². The molecular formula is C26H33N3O2. The number of hydrogen-bond acceptors (Lipinski definition) is 3. The number of amides is 2. The predicted molar refractivity (Wildman–Crippen MR) is 122 cm³/mol. The van der Waals surface area contributed by atoms with Gasteiger partial charge in [0.2, 0.25) is 11.8 Å². The van der Waals surface area contributed by atoms with Gasteiger partial charge in [0.25, 0.3) is 0 Å². The Morgan fingerprint density at radius 1 is 1.19 bits per heavy atom. The van der Waals surface area contributed by atoms with Crippen LogP contribution in [0, 0.1) is 17.3 Å². The van der Waals surface area contributed by atoms with Gasteiger partial charge in [-0.05, 0) is 74.3 Å². The fourth-order valence-electron chi connectivity index (χ4n) is 4.90.